The van der Waals surface area contributed by atoms with Gasteiger partial charge in [-0.3, -0.25) is 0 Å². The number of fused-ring (bicyclic) bond motifs is 1. The van der Waals surface area contributed by atoms with Crippen LogP contribution in [-0.4, -0.2) is 23.3 Å². The molecule has 0 radical (unpaired) electrons. The minimum absolute atomic E-state index is 0. The van der Waals surface area contributed by atoms with Crippen LogP contribution in [0.5, 0.6) is 0 Å². The molecule has 2 nitrogen and oxygen atoms in total. The molecule has 0 amide bonds. The molecule has 66 valence electrons. The normalized spacial score (nSPS) is 41.2. The first-order valence-electron chi connectivity index (χ1n) is 3.99. The van der Waals surface area contributed by atoms with Crippen molar-refractivity contribution in [2.45, 2.75) is 38.3 Å². The van der Waals surface area contributed by atoms with Crippen molar-refractivity contribution in [2.75, 3.05) is 6.54 Å². The average Bonchev–Trinajstić information content (AvgIpc) is 2.08. The summed E-state index contributed by atoms with van der Waals surface area (Å²) in [6.07, 6.45) is 2.35. The molecular formula is C8H16ClNO. The molecular weight excluding hydrogens is 162 g/mol. The number of halogens is 1. The zero-order chi connectivity index (χ0) is 7.41. The van der Waals surface area contributed by atoms with Gasteiger partial charge in [0.2, 0.25) is 0 Å². The molecule has 2 aliphatic heterocycles. The third-order valence-electron chi connectivity index (χ3n) is 3.30. The molecule has 0 aromatic carbocycles. The van der Waals surface area contributed by atoms with E-state index in [2.05, 4.69) is 5.32 Å². The van der Waals surface area contributed by atoms with Crippen LogP contribution < -0.4 is 5.32 Å². The summed E-state index contributed by atoms with van der Waals surface area (Å²) >= 11 is 0. The molecule has 2 heterocycles. The summed E-state index contributed by atoms with van der Waals surface area (Å²) in [5.74, 6) is 0. The molecule has 2 saturated heterocycles. The largest absolute Gasteiger partial charge is 0.390 e. The predicted molar refractivity (Wildman–Crippen MR) is 47.0 cm³/mol. The van der Waals surface area contributed by atoms with Gasteiger partial charge in [0.15, 0.2) is 0 Å². The lowest BCUT2D eigenvalue weighted by Gasteiger charge is -2.46. The maximum Gasteiger partial charge on any atom is 0.0661 e. The molecule has 0 unspecified atom stereocenters. The van der Waals surface area contributed by atoms with Gasteiger partial charge in [-0.05, 0) is 26.7 Å². The summed E-state index contributed by atoms with van der Waals surface area (Å²) in [6.45, 7) is 4.87. The third-order valence-corrected chi connectivity index (χ3v) is 3.30. The first kappa shape index (κ1) is 9.30. The van der Waals surface area contributed by atoms with Crippen LogP contribution in [0.1, 0.15) is 26.7 Å². The molecule has 1 aliphatic carbocycles. The van der Waals surface area contributed by atoms with Crippen molar-refractivity contribution in [1.29, 1.82) is 0 Å². The molecule has 2 N–H and O–H groups in total. The Bertz CT molecular complexity index is 152. The van der Waals surface area contributed by atoms with E-state index < -0.39 is 5.60 Å². The minimum atomic E-state index is -0.479. The number of rotatable bonds is 1. The monoisotopic (exact) mass is 177 g/mol. The standard InChI is InChI=1S/C8H15NO.ClH/c1-7(2,10)8-3-6(4-8)9-5-8;/h6,9-10H,3-5H2,1-2H3;1H. The van der Waals surface area contributed by atoms with Gasteiger partial charge < -0.3 is 10.4 Å². The summed E-state index contributed by atoms with van der Waals surface area (Å²) in [5.41, 5.74) is -0.259. The van der Waals surface area contributed by atoms with Crippen LogP contribution in [0.2, 0.25) is 0 Å². The molecule has 1 saturated carbocycles. The van der Waals surface area contributed by atoms with Crippen molar-refractivity contribution in [3.8, 4) is 0 Å². The molecule has 0 atom stereocenters. The second-order valence-corrected chi connectivity index (χ2v) is 4.33. The van der Waals surface area contributed by atoms with Gasteiger partial charge in [-0.2, -0.15) is 0 Å². The van der Waals surface area contributed by atoms with Gasteiger partial charge in [0.25, 0.3) is 0 Å². The predicted octanol–water partition coefficient (Wildman–Crippen LogP) is 0.931. The second kappa shape index (κ2) is 2.35. The summed E-state index contributed by atoms with van der Waals surface area (Å²) in [5, 5.41) is 13.2. The van der Waals surface area contributed by atoms with E-state index in [1.165, 1.54) is 12.8 Å². The smallest absolute Gasteiger partial charge is 0.0661 e. The minimum Gasteiger partial charge on any atom is -0.390 e. The Morgan fingerprint density at radius 1 is 1.45 bits per heavy atom. The van der Waals surface area contributed by atoms with Gasteiger partial charge in [0.05, 0.1) is 5.60 Å². The fourth-order valence-electron chi connectivity index (χ4n) is 2.23. The lowest BCUT2D eigenvalue weighted by atomic mass is 9.61. The van der Waals surface area contributed by atoms with Crippen LogP contribution in [0, 0.1) is 5.41 Å². The molecule has 3 rings (SSSR count). The highest BCUT2D eigenvalue weighted by Crippen LogP contribution is 2.53. The van der Waals surface area contributed by atoms with Crippen LogP contribution in [0.3, 0.4) is 0 Å². The highest BCUT2D eigenvalue weighted by Gasteiger charge is 2.57. The van der Waals surface area contributed by atoms with Gasteiger partial charge in [0.1, 0.15) is 0 Å². The van der Waals surface area contributed by atoms with Crippen molar-refractivity contribution >= 4 is 12.4 Å². The van der Waals surface area contributed by atoms with E-state index in [0.29, 0.717) is 6.04 Å². The molecule has 0 aromatic rings. The Balaban J connectivity index is 0.000000605. The van der Waals surface area contributed by atoms with Crippen LogP contribution in [0.15, 0.2) is 0 Å². The molecule has 3 heteroatoms. The number of hydrogen-bond acceptors (Lipinski definition) is 2. The second-order valence-electron chi connectivity index (χ2n) is 4.33. The Morgan fingerprint density at radius 2 is 2.00 bits per heavy atom. The average molecular weight is 178 g/mol. The molecule has 0 spiro atoms. The van der Waals surface area contributed by atoms with Crippen LogP contribution in [0.4, 0.5) is 0 Å². The molecule has 2 bridgehead atoms. The van der Waals surface area contributed by atoms with Crippen molar-refractivity contribution < 1.29 is 5.11 Å². The number of nitrogens with one attached hydrogen (secondary N) is 1. The molecule has 0 aromatic heterocycles. The van der Waals surface area contributed by atoms with Gasteiger partial charge >= 0.3 is 0 Å². The summed E-state index contributed by atoms with van der Waals surface area (Å²) in [6, 6.07) is 0.714. The topological polar surface area (TPSA) is 32.3 Å². The zero-order valence-corrected chi connectivity index (χ0v) is 7.87. The van der Waals surface area contributed by atoms with E-state index in [-0.39, 0.29) is 17.8 Å². The van der Waals surface area contributed by atoms with Crippen LogP contribution in [-0.2, 0) is 0 Å². The summed E-state index contributed by atoms with van der Waals surface area (Å²) in [7, 11) is 0. The Labute approximate surface area is 73.8 Å². The highest BCUT2D eigenvalue weighted by molar-refractivity contribution is 5.85. The summed E-state index contributed by atoms with van der Waals surface area (Å²) < 4.78 is 0. The van der Waals surface area contributed by atoms with Gasteiger partial charge in [-0.1, -0.05) is 0 Å². The first-order valence-corrected chi connectivity index (χ1v) is 3.99. The SMILES string of the molecule is CC(C)(O)C12CNC(C1)C2.Cl. The van der Waals surface area contributed by atoms with Crippen LogP contribution in [0.25, 0.3) is 0 Å². The van der Waals surface area contributed by atoms with E-state index in [1.54, 1.807) is 0 Å². The Hall–Kier alpha value is 0.210. The third kappa shape index (κ3) is 1.08. The fourth-order valence-corrected chi connectivity index (χ4v) is 2.23. The van der Waals surface area contributed by atoms with Crippen molar-refractivity contribution in [3.63, 3.8) is 0 Å². The van der Waals surface area contributed by atoms with E-state index in [9.17, 15) is 5.11 Å². The highest BCUT2D eigenvalue weighted by atomic mass is 35.5. The number of aliphatic hydroxyl groups is 1. The summed E-state index contributed by atoms with van der Waals surface area (Å²) in [4.78, 5) is 0. The van der Waals surface area contributed by atoms with Gasteiger partial charge in [-0.25, -0.2) is 0 Å². The van der Waals surface area contributed by atoms with Gasteiger partial charge in [0, 0.05) is 18.0 Å². The van der Waals surface area contributed by atoms with Crippen molar-refractivity contribution in [3.05, 3.63) is 0 Å². The first-order chi connectivity index (χ1) is 4.54. The Kier molecular flexibility index (Phi) is 1.98. The van der Waals surface area contributed by atoms with Crippen molar-refractivity contribution in [1.82, 2.24) is 5.32 Å². The van der Waals surface area contributed by atoms with Crippen LogP contribution >= 0.6 is 12.4 Å². The van der Waals surface area contributed by atoms with E-state index in [0.717, 1.165) is 6.54 Å². The van der Waals surface area contributed by atoms with Crippen molar-refractivity contribution in [2.24, 2.45) is 5.41 Å². The molecule has 3 fully saturated rings. The maximum atomic E-state index is 9.77. The quantitative estimate of drug-likeness (QED) is 0.625. The fraction of sp³-hybridized carbons (Fsp3) is 1.00. The lowest BCUT2D eigenvalue weighted by molar-refractivity contribution is -0.0754. The van der Waals surface area contributed by atoms with E-state index in [1.807, 2.05) is 13.8 Å². The number of hydrogen-bond donors (Lipinski definition) is 2. The maximum absolute atomic E-state index is 9.77. The van der Waals surface area contributed by atoms with Gasteiger partial charge in [-0.15, -0.1) is 12.4 Å². The lowest BCUT2D eigenvalue weighted by Crippen LogP contribution is -2.50. The molecule has 3 aliphatic rings. The van der Waals surface area contributed by atoms with E-state index in [4.69, 9.17) is 0 Å². The Morgan fingerprint density at radius 3 is 2.18 bits per heavy atom. The van der Waals surface area contributed by atoms with E-state index >= 15 is 0 Å². The zero-order valence-electron chi connectivity index (χ0n) is 7.05. The molecule has 11 heavy (non-hydrogen) atoms.